The molecule has 2 aromatic carbocycles. The molecular formula is C30H38FN4O2P. The van der Waals surface area contributed by atoms with Crippen molar-refractivity contribution in [1.29, 1.82) is 0 Å². The summed E-state index contributed by atoms with van der Waals surface area (Å²) in [7, 11) is 6.58. The van der Waals surface area contributed by atoms with E-state index in [2.05, 4.69) is 31.0 Å². The number of nitrogens with one attached hydrogen (secondary N) is 2. The molecule has 0 spiro atoms. The van der Waals surface area contributed by atoms with Gasteiger partial charge in [0.25, 0.3) is 0 Å². The molecule has 0 radical (unpaired) electrons. The third-order valence-electron chi connectivity index (χ3n) is 6.81. The van der Waals surface area contributed by atoms with E-state index in [1.807, 2.05) is 58.0 Å². The average Bonchev–Trinajstić information content (AvgIpc) is 3.38. The molecule has 1 atom stereocenters. The number of aromatic nitrogens is 1. The van der Waals surface area contributed by atoms with Crippen LogP contribution in [0.25, 0.3) is 17.2 Å². The van der Waals surface area contributed by atoms with Crippen LogP contribution in [0.15, 0.2) is 43.0 Å². The van der Waals surface area contributed by atoms with Gasteiger partial charge in [-0.3, -0.25) is 9.59 Å². The minimum atomic E-state index is -0.259. The van der Waals surface area contributed by atoms with Crippen LogP contribution in [0.4, 0.5) is 10.1 Å². The van der Waals surface area contributed by atoms with Crippen LogP contribution in [0.1, 0.15) is 35.0 Å². The summed E-state index contributed by atoms with van der Waals surface area (Å²) in [4.78, 5) is 31.2. The number of fused-ring (bicyclic) bond motifs is 1. The number of anilines is 1. The van der Waals surface area contributed by atoms with E-state index < -0.39 is 0 Å². The number of likely N-dealkylation sites (N-methyl/N-ethyl adjacent to an activating group) is 2. The van der Waals surface area contributed by atoms with Gasteiger partial charge in [-0.15, -0.1) is 9.24 Å². The smallest absolute Gasteiger partial charge is 0.228 e. The highest BCUT2D eigenvalue weighted by atomic mass is 31.0. The Morgan fingerprint density at radius 2 is 1.89 bits per heavy atom. The molecule has 4 rings (SSSR count). The second-order valence-electron chi connectivity index (χ2n) is 9.71. The van der Waals surface area contributed by atoms with Crippen molar-refractivity contribution in [3.05, 3.63) is 76.9 Å². The molecule has 1 unspecified atom stereocenters. The van der Waals surface area contributed by atoms with E-state index in [0.29, 0.717) is 12.8 Å². The molecular weight excluding hydrogens is 498 g/mol. The number of benzene rings is 2. The van der Waals surface area contributed by atoms with E-state index in [0.717, 1.165) is 69.8 Å². The lowest BCUT2D eigenvalue weighted by molar-refractivity contribution is -0.130. The van der Waals surface area contributed by atoms with Crippen molar-refractivity contribution in [1.82, 2.24) is 14.8 Å². The van der Waals surface area contributed by atoms with Gasteiger partial charge in [0.2, 0.25) is 11.8 Å². The fourth-order valence-electron chi connectivity index (χ4n) is 4.61. The lowest BCUT2D eigenvalue weighted by atomic mass is 9.98. The van der Waals surface area contributed by atoms with Crippen molar-refractivity contribution in [2.75, 3.05) is 39.0 Å². The lowest BCUT2D eigenvalue weighted by Gasteiger charge is -2.23. The summed E-state index contributed by atoms with van der Waals surface area (Å²) in [5, 5.41) is 3.61. The second kappa shape index (κ2) is 13.0. The normalized spacial score (nSPS) is 12.1. The zero-order valence-corrected chi connectivity index (χ0v) is 24.1. The number of aromatic amines is 1. The first-order chi connectivity index (χ1) is 18.0. The molecule has 1 aliphatic heterocycles. The van der Waals surface area contributed by atoms with E-state index in [4.69, 9.17) is 0 Å². The monoisotopic (exact) mass is 536 g/mol. The molecule has 6 nitrogen and oxygen atoms in total. The molecule has 38 heavy (non-hydrogen) atoms. The fraction of sp³-hybridized carbons (Fsp3) is 0.333. The van der Waals surface area contributed by atoms with Crippen molar-refractivity contribution in [3.63, 3.8) is 0 Å². The van der Waals surface area contributed by atoms with E-state index in [1.54, 1.807) is 12.1 Å². The zero-order chi connectivity index (χ0) is 28.0. The Kier molecular flexibility index (Phi) is 10.0. The van der Waals surface area contributed by atoms with Gasteiger partial charge < -0.3 is 20.1 Å². The molecule has 0 aliphatic carbocycles. The van der Waals surface area contributed by atoms with Crippen molar-refractivity contribution in [2.45, 2.75) is 33.6 Å². The topological polar surface area (TPSA) is 68.4 Å². The van der Waals surface area contributed by atoms with Crippen LogP contribution < -0.4 is 10.6 Å². The Balaban J connectivity index is 0.000000211. The van der Waals surface area contributed by atoms with Crippen LogP contribution >= 0.6 is 9.24 Å². The number of hydrogen-bond acceptors (Lipinski definition) is 3. The largest absolute Gasteiger partial charge is 0.359 e. The predicted molar refractivity (Wildman–Crippen MR) is 158 cm³/mol. The van der Waals surface area contributed by atoms with E-state index in [-0.39, 0.29) is 17.6 Å². The molecule has 202 valence electrons. The van der Waals surface area contributed by atoms with Crippen LogP contribution in [0, 0.1) is 19.7 Å². The first-order valence-electron chi connectivity index (χ1n) is 12.8. The van der Waals surface area contributed by atoms with Crippen molar-refractivity contribution >= 4 is 38.1 Å². The molecule has 3 aromatic rings. The average molecular weight is 537 g/mol. The third-order valence-corrected chi connectivity index (χ3v) is 7.28. The summed E-state index contributed by atoms with van der Waals surface area (Å²) in [6, 6.07) is 10.4. The Morgan fingerprint density at radius 3 is 2.50 bits per heavy atom. The molecule has 2 N–H and O–H groups in total. The van der Waals surface area contributed by atoms with Gasteiger partial charge in [0, 0.05) is 36.7 Å². The number of hydrogen-bond donors (Lipinski definition) is 2. The number of nitrogens with zero attached hydrogens (tertiary/aromatic N) is 2. The summed E-state index contributed by atoms with van der Waals surface area (Å²) in [5.41, 5.74) is 8.08. The minimum absolute atomic E-state index is 0.00451. The predicted octanol–water partition coefficient (Wildman–Crippen LogP) is 4.71. The van der Waals surface area contributed by atoms with Crippen LogP contribution in [0.5, 0.6) is 0 Å². The highest BCUT2D eigenvalue weighted by Gasteiger charge is 2.22. The van der Waals surface area contributed by atoms with E-state index >= 15 is 0 Å². The number of carbonyl (C=O) groups excluding carboxylic acids is 2. The number of rotatable bonds is 8. The summed E-state index contributed by atoms with van der Waals surface area (Å²) >= 11 is 0. The standard InChI is InChI=1S/C16H27N3O.C14H11FNOP/c1-7-15-12(3)14(13(4)17-15)11-16(20)19(8-2)10-9-18(5)6;15-8-4-5-10(13(18)6-8)9-2-1-3-12-11(9)7-14(17)16-12/h7,17H,1,8-11H2,2-6H3;1-6H,7,18H2,(H,16,17). The van der Waals surface area contributed by atoms with Crippen molar-refractivity contribution in [2.24, 2.45) is 0 Å². The highest BCUT2D eigenvalue weighted by Crippen LogP contribution is 2.33. The van der Waals surface area contributed by atoms with Crippen LogP contribution in [-0.4, -0.2) is 60.3 Å². The molecule has 1 aliphatic rings. The van der Waals surface area contributed by atoms with Gasteiger partial charge in [0.1, 0.15) is 5.82 Å². The Bertz CT molecular complexity index is 1330. The summed E-state index contributed by atoms with van der Waals surface area (Å²) in [6.07, 6.45) is 2.65. The van der Waals surface area contributed by atoms with Gasteiger partial charge in [0.05, 0.1) is 12.8 Å². The molecule has 8 heteroatoms. The minimum Gasteiger partial charge on any atom is -0.359 e. The number of carbonyl (C=O) groups is 2. The number of amides is 2. The Hall–Kier alpha value is -3.28. The maximum absolute atomic E-state index is 13.1. The first-order valence-corrected chi connectivity index (χ1v) is 13.3. The van der Waals surface area contributed by atoms with Crippen LogP contribution in [0.2, 0.25) is 0 Å². The molecule has 0 saturated heterocycles. The number of aryl methyl sites for hydroxylation is 1. The van der Waals surface area contributed by atoms with Gasteiger partial charge in [-0.05, 0) is 92.3 Å². The Morgan fingerprint density at radius 1 is 1.16 bits per heavy atom. The highest BCUT2D eigenvalue weighted by molar-refractivity contribution is 7.28. The third kappa shape index (κ3) is 6.97. The van der Waals surface area contributed by atoms with E-state index in [9.17, 15) is 14.0 Å². The van der Waals surface area contributed by atoms with Crippen LogP contribution in [-0.2, 0) is 22.4 Å². The molecule has 0 bridgehead atoms. The van der Waals surface area contributed by atoms with Gasteiger partial charge in [-0.25, -0.2) is 4.39 Å². The quantitative estimate of drug-likeness (QED) is 0.410. The summed E-state index contributed by atoms with van der Waals surface area (Å²) < 4.78 is 13.1. The van der Waals surface area contributed by atoms with Gasteiger partial charge in [-0.1, -0.05) is 24.8 Å². The van der Waals surface area contributed by atoms with Gasteiger partial charge >= 0.3 is 0 Å². The van der Waals surface area contributed by atoms with Crippen LogP contribution in [0.3, 0.4) is 0 Å². The fourth-order valence-corrected chi connectivity index (χ4v) is 5.02. The van der Waals surface area contributed by atoms with E-state index in [1.165, 1.54) is 12.1 Å². The Labute approximate surface area is 227 Å². The number of H-pyrrole nitrogens is 1. The summed E-state index contributed by atoms with van der Waals surface area (Å²) in [5.74, 6) is -0.0643. The SMILES string of the molecule is C=Cc1[nH]c(C)c(CC(=O)N(CC)CCN(C)C)c1C.O=C1Cc2c(cccc2-c2ccc(F)cc2P)N1. The van der Waals surface area contributed by atoms with Gasteiger partial charge in [-0.2, -0.15) is 0 Å². The van der Waals surface area contributed by atoms with Crippen molar-refractivity contribution in [3.8, 4) is 11.1 Å². The molecule has 1 aromatic heterocycles. The maximum atomic E-state index is 13.1. The van der Waals surface area contributed by atoms with Gasteiger partial charge in [0.15, 0.2) is 0 Å². The molecule has 0 fully saturated rings. The molecule has 2 amide bonds. The number of halogens is 1. The molecule has 0 saturated carbocycles. The van der Waals surface area contributed by atoms with Crippen molar-refractivity contribution < 1.29 is 14.0 Å². The zero-order valence-electron chi connectivity index (χ0n) is 23.0. The molecule has 2 heterocycles. The lowest BCUT2D eigenvalue weighted by Crippen LogP contribution is -2.37. The first kappa shape index (κ1) is 29.3. The summed E-state index contributed by atoms with van der Waals surface area (Å²) in [6.45, 7) is 12.3. The maximum Gasteiger partial charge on any atom is 0.228 e. The second-order valence-corrected chi connectivity index (χ2v) is 10.3.